The zero-order valence-corrected chi connectivity index (χ0v) is 10.3. The molecule has 1 aliphatic rings. The molecule has 1 saturated heterocycles. The number of aromatic nitrogens is 2. The molecule has 0 aromatic carbocycles. The normalized spacial score (nSPS) is 20.6. The summed E-state index contributed by atoms with van der Waals surface area (Å²) in [4.78, 5) is 15.5. The number of carbonyl (C=O) groups excluding carboxylic acids is 1. The molecule has 3 nitrogen and oxygen atoms in total. The van der Waals surface area contributed by atoms with Gasteiger partial charge in [0.1, 0.15) is 5.82 Å². The molecule has 2 aromatic heterocycles. The Morgan fingerprint density at radius 3 is 3.24 bits per heavy atom. The first kappa shape index (κ1) is 10.8. The molecule has 17 heavy (non-hydrogen) atoms. The Kier molecular flexibility index (Phi) is 2.89. The third-order valence-electron chi connectivity index (χ3n) is 3.28. The summed E-state index contributed by atoms with van der Waals surface area (Å²) in [6.45, 7) is 0. The van der Waals surface area contributed by atoms with Crippen LogP contribution in [0.5, 0.6) is 0 Å². The summed E-state index contributed by atoms with van der Waals surface area (Å²) < 4.78 is 2.07. The zero-order chi connectivity index (χ0) is 11.7. The van der Waals surface area contributed by atoms with Crippen molar-refractivity contribution in [1.29, 1.82) is 0 Å². The molecule has 0 spiro atoms. The van der Waals surface area contributed by atoms with Gasteiger partial charge in [0.15, 0.2) is 6.29 Å². The van der Waals surface area contributed by atoms with Crippen LogP contribution in [0.25, 0.3) is 5.52 Å². The minimum atomic E-state index is 0.526. The molecule has 1 fully saturated rings. The lowest BCUT2D eigenvalue weighted by Gasteiger charge is -2.20. The lowest BCUT2D eigenvalue weighted by molar-refractivity contribution is 0.112. The molecule has 3 heterocycles. The summed E-state index contributed by atoms with van der Waals surface area (Å²) in [5.74, 6) is 4.04. The van der Waals surface area contributed by atoms with Crippen molar-refractivity contribution in [2.24, 2.45) is 0 Å². The lowest BCUT2D eigenvalue weighted by atomic mass is 10.0. The van der Waals surface area contributed by atoms with E-state index in [0.717, 1.165) is 28.9 Å². The molecule has 0 saturated carbocycles. The fraction of sp³-hybridized carbons (Fsp3) is 0.385. The highest BCUT2D eigenvalue weighted by Gasteiger charge is 2.20. The zero-order valence-electron chi connectivity index (χ0n) is 9.50. The lowest BCUT2D eigenvalue weighted by Crippen LogP contribution is -2.12. The maximum absolute atomic E-state index is 11.0. The van der Waals surface area contributed by atoms with Crippen molar-refractivity contribution in [2.75, 3.05) is 11.5 Å². The van der Waals surface area contributed by atoms with Crippen LogP contribution in [0.2, 0.25) is 0 Å². The smallest absolute Gasteiger partial charge is 0.152 e. The first-order valence-electron chi connectivity index (χ1n) is 5.89. The number of nitrogens with zero attached hydrogens (tertiary/aromatic N) is 2. The van der Waals surface area contributed by atoms with Crippen LogP contribution in [0.1, 0.15) is 34.9 Å². The largest absolute Gasteiger partial charge is 0.303 e. The van der Waals surface area contributed by atoms with Gasteiger partial charge in [0.2, 0.25) is 0 Å². The molecule has 1 aliphatic heterocycles. The van der Waals surface area contributed by atoms with Crippen LogP contribution >= 0.6 is 11.8 Å². The molecule has 0 bridgehead atoms. The molecular weight excluding hydrogens is 232 g/mol. The van der Waals surface area contributed by atoms with Crippen LogP contribution in [-0.4, -0.2) is 27.2 Å². The number of hydrogen-bond acceptors (Lipinski definition) is 3. The van der Waals surface area contributed by atoms with Gasteiger partial charge in [-0.3, -0.25) is 4.79 Å². The average molecular weight is 246 g/mol. The first-order valence-corrected chi connectivity index (χ1v) is 7.04. The van der Waals surface area contributed by atoms with Gasteiger partial charge in [-0.25, -0.2) is 4.98 Å². The average Bonchev–Trinajstić information content (AvgIpc) is 2.83. The summed E-state index contributed by atoms with van der Waals surface area (Å²) >= 11 is 2.00. The van der Waals surface area contributed by atoms with Gasteiger partial charge in [-0.05, 0) is 30.7 Å². The monoisotopic (exact) mass is 246 g/mol. The molecule has 88 valence electrons. The van der Waals surface area contributed by atoms with Gasteiger partial charge in [-0.2, -0.15) is 11.8 Å². The number of pyridine rings is 1. The predicted octanol–water partition coefficient (Wildman–Crippen LogP) is 2.76. The number of carbonyl (C=O) groups is 1. The molecule has 1 atom stereocenters. The van der Waals surface area contributed by atoms with Gasteiger partial charge in [0.05, 0.1) is 11.7 Å². The molecule has 3 rings (SSSR count). The Hall–Kier alpha value is -1.29. The third kappa shape index (κ3) is 1.86. The van der Waals surface area contributed by atoms with E-state index in [1.54, 1.807) is 0 Å². The second kappa shape index (κ2) is 4.53. The van der Waals surface area contributed by atoms with E-state index in [2.05, 4.69) is 9.38 Å². The Labute approximate surface area is 104 Å². The van der Waals surface area contributed by atoms with E-state index in [1.807, 2.05) is 36.3 Å². The second-order valence-electron chi connectivity index (χ2n) is 4.37. The van der Waals surface area contributed by atoms with Crippen molar-refractivity contribution < 1.29 is 4.79 Å². The van der Waals surface area contributed by atoms with Gasteiger partial charge < -0.3 is 4.40 Å². The number of hydrogen-bond donors (Lipinski definition) is 0. The van der Waals surface area contributed by atoms with Crippen molar-refractivity contribution >= 4 is 23.6 Å². The molecule has 0 amide bonds. The van der Waals surface area contributed by atoms with E-state index >= 15 is 0 Å². The number of thioether (sulfide) groups is 1. The first-order chi connectivity index (χ1) is 8.40. The highest BCUT2D eigenvalue weighted by molar-refractivity contribution is 7.99. The van der Waals surface area contributed by atoms with Crippen molar-refractivity contribution in [2.45, 2.75) is 18.8 Å². The number of fused-ring (bicyclic) bond motifs is 1. The standard InChI is InChI=1S/C13H14N2OS/c16-8-10-3-1-5-15-12(10)7-14-13(15)11-4-2-6-17-9-11/h1,3,5,7-8,11H,2,4,6,9H2. The summed E-state index contributed by atoms with van der Waals surface area (Å²) in [5, 5.41) is 0. The van der Waals surface area contributed by atoms with Gasteiger partial charge in [0, 0.05) is 23.4 Å². The minimum Gasteiger partial charge on any atom is -0.303 e. The van der Waals surface area contributed by atoms with Crippen LogP contribution < -0.4 is 0 Å². The number of rotatable bonds is 2. The summed E-state index contributed by atoms with van der Waals surface area (Å²) in [5.41, 5.74) is 1.64. The Balaban J connectivity index is 2.08. The SMILES string of the molecule is O=Cc1cccn2c(C3CCCSC3)ncc12. The highest BCUT2D eigenvalue weighted by Crippen LogP contribution is 2.31. The minimum absolute atomic E-state index is 0.526. The van der Waals surface area contributed by atoms with Crippen LogP contribution in [0.4, 0.5) is 0 Å². The van der Waals surface area contributed by atoms with E-state index in [1.165, 1.54) is 18.6 Å². The topological polar surface area (TPSA) is 34.4 Å². The highest BCUT2D eigenvalue weighted by atomic mass is 32.2. The summed E-state index contributed by atoms with van der Waals surface area (Å²) in [7, 11) is 0. The van der Waals surface area contributed by atoms with Crippen molar-refractivity contribution in [3.05, 3.63) is 35.9 Å². The predicted molar refractivity (Wildman–Crippen MR) is 69.9 cm³/mol. The van der Waals surface area contributed by atoms with E-state index < -0.39 is 0 Å². The fourth-order valence-electron chi connectivity index (χ4n) is 2.41. The molecule has 0 radical (unpaired) electrons. The quantitative estimate of drug-likeness (QED) is 0.764. The van der Waals surface area contributed by atoms with Crippen LogP contribution in [0.15, 0.2) is 24.5 Å². The summed E-state index contributed by atoms with van der Waals surface area (Å²) in [6.07, 6.45) is 7.19. The number of imidazole rings is 1. The summed E-state index contributed by atoms with van der Waals surface area (Å²) in [6, 6.07) is 3.75. The van der Waals surface area contributed by atoms with E-state index in [-0.39, 0.29) is 0 Å². The van der Waals surface area contributed by atoms with Crippen molar-refractivity contribution in [3.8, 4) is 0 Å². The van der Waals surface area contributed by atoms with Crippen LogP contribution in [0, 0.1) is 0 Å². The Morgan fingerprint density at radius 1 is 1.53 bits per heavy atom. The molecule has 1 unspecified atom stereocenters. The maximum Gasteiger partial charge on any atom is 0.152 e. The molecular formula is C13H14N2OS. The van der Waals surface area contributed by atoms with E-state index in [9.17, 15) is 4.79 Å². The molecule has 4 heteroatoms. The number of aldehydes is 1. The fourth-order valence-corrected chi connectivity index (χ4v) is 3.55. The Morgan fingerprint density at radius 2 is 2.47 bits per heavy atom. The molecule has 0 N–H and O–H groups in total. The van der Waals surface area contributed by atoms with Crippen molar-refractivity contribution in [3.63, 3.8) is 0 Å². The molecule has 2 aromatic rings. The van der Waals surface area contributed by atoms with E-state index in [0.29, 0.717) is 5.92 Å². The van der Waals surface area contributed by atoms with Gasteiger partial charge in [0.25, 0.3) is 0 Å². The van der Waals surface area contributed by atoms with E-state index in [4.69, 9.17) is 0 Å². The van der Waals surface area contributed by atoms with Gasteiger partial charge in [-0.1, -0.05) is 0 Å². The van der Waals surface area contributed by atoms with Crippen molar-refractivity contribution in [1.82, 2.24) is 9.38 Å². The molecule has 0 aliphatic carbocycles. The maximum atomic E-state index is 11.0. The van der Waals surface area contributed by atoms with Crippen LogP contribution in [0.3, 0.4) is 0 Å². The Bertz CT molecular complexity index is 543. The van der Waals surface area contributed by atoms with Gasteiger partial charge >= 0.3 is 0 Å². The third-order valence-corrected chi connectivity index (χ3v) is 4.50. The van der Waals surface area contributed by atoms with Crippen LogP contribution in [-0.2, 0) is 0 Å². The van der Waals surface area contributed by atoms with Gasteiger partial charge in [-0.15, -0.1) is 0 Å². The second-order valence-corrected chi connectivity index (χ2v) is 5.52.